The summed E-state index contributed by atoms with van der Waals surface area (Å²) in [6.45, 7) is 0.513. The zero-order valence-electron chi connectivity index (χ0n) is 16.7. The van der Waals surface area contributed by atoms with E-state index in [-0.39, 0.29) is 30.4 Å². The van der Waals surface area contributed by atoms with Crippen LogP contribution in [-0.4, -0.2) is 17.6 Å². The monoisotopic (exact) mass is 417 g/mol. The lowest BCUT2D eigenvalue weighted by Gasteiger charge is -2.12. The van der Waals surface area contributed by atoms with Gasteiger partial charge in [-0.3, -0.25) is 15.6 Å². The average Bonchev–Trinajstić information content (AvgIpc) is 2.76. The second-order valence-corrected chi connectivity index (χ2v) is 6.86. The van der Waals surface area contributed by atoms with Gasteiger partial charge < -0.3 is 26.7 Å². The van der Waals surface area contributed by atoms with Crippen LogP contribution < -0.4 is 26.7 Å². The molecule has 8 nitrogen and oxygen atoms in total. The highest BCUT2D eigenvalue weighted by molar-refractivity contribution is 5.95. The molecular weight excluding hydrogens is 394 g/mol. The Labute approximate surface area is 179 Å². The van der Waals surface area contributed by atoms with E-state index in [1.54, 1.807) is 42.5 Å². The van der Waals surface area contributed by atoms with E-state index in [1.165, 1.54) is 0 Å². The number of primary amides is 1. The Hall–Kier alpha value is -4.33. The molecule has 158 valence electrons. The van der Waals surface area contributed by atoms with Crippen molar-refractivity contribution in [2.24, 2.45) is 17.2 Å². The molecule has 8 N–H and O–H groups in total. The van der Waals surface area contributed by atoms with Gasteiger partial charge in [0.1, 0.15) is 36.4 Å². The second-order valence-electron chi connectivity index (χ2n) is 6.86. The van der Waals surface area contributed by atoms with Crippen molar-refractivity contribution in [2.45, 2.75) is 13.2 Å². The number of amidine groups is 2. The fraction of sp³-hybridized carbons (Fsp3) is 0.0870. The molecule has 0 saturated heterocycles. The van der Waals surface area contributed by atoms with E-state index in [2.05, 4.69) is 0 Å². The Balaban J connectivity index is 1.70. The molecule has 0 atom stereocenters. The molecule has 0 spiro atoms. The Morgan fingerprint density at radius 3 is 1.35 bits per heavy atom. The van der Waals surface area contributed by atoms with Crippen LogP contribution in [0.2, 0.25) is 0 Å². The normalized spacial score (nSPS) is 10.3. The molecule has 0 saturated carbocycles. The van der Waals surface area contributed by atoms with Crippen molar-refractivity contribution >= 4 is 17.6 Å². The molecule has 0 aliphatic rings. The van der Waals surface area contributed by atoms with Gasteiger partial charge in [-0.1, -0.05) is 48.5 Å². The molecule has 3 aromatic carbocycles. The first-order valence-electron chi connectivity index (χ1n) is 9.39. The van der Waals surface area contributed by atoms with Crippen molar-refractivity contribution in [3.63, 3.8) is 0 Å². The van der Waals surface area contributed by atoms with Crippen LogP contribution in [0.4, 0.5) is 0 Å². The number of nitrogens with one attached hydrogen (secondary N) is 2. The lowest BCUT2D eigenvalue weighted by molar-refractivity contribution is 0.0999. The van der Waals surface area contributed by atoms with Crippen molar-refractivity contribution in [3.05, 3.63) is 94.5 Å². The minimum Gasteiger partial charge on any atom is -0.489 e. The van der Waals surface area contributed by atoms with Crippen molar-refractivity contribution in [1.29, 1.82) is 10.8 Å². The zero-order valence-corrected chi connectivity index (χ0v) is 16.7. The van der Waals surface area contributed by atoms with Gasteiger partial charge in [-0.2, -0.15) is 0 Å². The maximum absolute atomic E-state index is 11.7. The molecule has 0 aliphatic heterocycles. The molecule has 3 rings (SSSR count). The van der Waals surface area contributed by atoms with Crippen LogP contribution in [0.3, 0.4) is 0 Å². The van der Waals surface area contributed by atoms with E-state index in [0.29, 0.717) is 22.6 Å². The number of benzene rings is 3. The summed E-state index contributed by atoms with van der Waals surface area (Å²) in [6.07, 6.45) is 0. The summed E-state index contributed by atoms with van der Waals surface area (Å²) < 4.78 is 11.6. The highest BCUT2D eigenvalue weighted by Crippen LogP contribution is 2.25. The SMILES string of the molecule is N=C(N)c1ccc(COc2cc(OCc3ccc(C(=N)N)cc3)cc(C(N)=O)c2)cc1. The number of rotatable bonds is 9. The number of hydrogen-bond donors (Lipinski definition) is 5. The molecule has 0 bridgehead atoms. The number of carbonyl (C=O) groups excluding carboxylic acids is 1. The topological polar surface area (TPSA) is 161 Å². The van der Waals surface area contributed by atoms with Gasteiger partial charge in [-0.25, -0.2) is 0 Å². The van der Waals surface area contributed by atoms with Crippen molar-refractivity contribution in [1.82, 2.24) is 0 Å². The summed E-state index contributed by atoms with van der Waals surface area (Å²) in [6, 6.07) is 19.0. The van der Waals surface area contributed by atoms with E-state index >= 15 is 0 Å². The van der Waals surface area contributed by atoms with Gasteiger partial charge in [0.25, 0.3) is 0 Å². The highest BCUT2D eigenvalue weighted by Gasteiger charge is 2.09. The lowest BCUT2D eigenvalue weighted by atomic mass is 10.1. The van der Waals surface area contributed by atoms with Crippen molar-refractivity contribution < 1.29 is 14.3 Å². The van der Waals surface area contributed by atoms with Gasteiger partial charge >= 0.3 is 0 Å². The minimum absolute atomic E-state index is 0.000600. The maximum Gasteiger partial charge on any atom is 0.248 e. The van der Waals surface area contributed by atoms with Gasteiger partial charge in [0.05, 0.1) is 0 Å². The standard InChI is InChI=1S/C23H23N5O3/c24-21(25)16-5-1-14(2-6-16)12-30-19-9-18(23(28)29)10-20(11-19)31-13-15-3-7-17(8-4-15)22(26)27/h1-11H,12-13H2,(H3,24,25)(H3,26,27)(H2,28,29). The Kier molecular flexibility index (Phi) is 6.51. The predicted molar refractivity (Wildman–Crippen MR) is 119 cm³/mol. The van der Waals surface area contributed by atoms with Crippen molar-refractivity contribution in [2.75, 3.05) is 0 Å². The van der Waals surface area contributed by atoms with Crippen LogP contribution in [0.25, 0.3) is 0 Å². The first-order chi connectivity index (χ1) is 14.8. The number of nitrogens with two attached hydrogens (primary N) is 3. The molecule has 0 aromatic heterocycles. The summed E-state index contributed by atoms with van der Waals surface area (Å²) >= 11 is 0. The molecule has 0 heterocycles. The fourth-order valence-corrected chi connectivity index (χ4v) is 2.78. The maximum atomic E-state index is 11.7. The molecule has 0 unspecified atom stereocenters. The van der Waals surface area contributed by atoms with Gasteiger partial charge in [0.15, 0.2) is 0 Å². The minimum atomic E-state index is -0.591. The van der Waals surface area contributed by atoms with Crippen LogP contribution in [0.5, 0.6) is 11.5 Å². The van der Waals surface area contributed by atoms with Crippen LogP contribution >= 0.6 is 0 Å². The van der Waals surface area contributed by atoms with E-state index in [0.717, 1.165) is 11.1 Å². The molecule has 8 heteroatoms. The summed E-state index contributed by atoms with van der Waals surface area (Å²) in [5.41, 5.74) is 19.7. The molecule has 3 aromatic rings. The van der Waals surface area contributed by atoms with E-state index in [4.69, 9.17) is 37.5 Å². The van der Waals surface area contributed by atoms with Gasteiger partial charge in [-0.15, -0.1) is 0 Å². The average molecular weight is 417 g/mol. The summed E-state index contributed by atoms with van der Waals surface area (Å²) in [4.78, 5) is 11.7. The Morgan fingerprint density at radius 2 is 1.03 bits per heavy atom. The van der Waals surface area contributed by atoms with Crippen LogP contribution in [0.15, 0.2) is 66.7 Å². The first kappa shape index (κ1) is 21.4. The zero-order chi connectivity index (χ0) is 22.4. The first-order valence-corrected chi connectivity index (χ1v) is 9.39. The summed E-state index contributed by atoms with van der Waals surface area (Å²) in [7, 11) is 0. The molecule has 0 fully saturated rings. The van der Waals surface area contributed by atoms with Crippen molar-refractivity contribution in [3.8, 4) is 11.5 Å². The molecule has 1 amide bonds. The Morgan fingerprint density at radius 1 is 0.645 bits per heavy atom. The van der Waals surface area contributed by atoms with Gasteiger partial charge in [0, 0.05) is 22.8 Å². The molecule has 0 aliphatic carbocycles. The number of hydrogen-bond acceptors (Lipinski definition) is 5. The summed E-state index contributed by atoms with van der Waals surface area (Å²) in [5.74, 6) is 0.286. The van der Waals surface area contributed by atoms with E-state index in [1.807, 2.05) is 24.3 Å². The van der Waals surface area contributed by atoms with Gasteiger partial charge in [0.2, 0.25) is 5.91 Å². The van der Waals surface area contributed by atoms with Crippen LogP contribution in [0.1, 0.15) is 32.6 Å². The highest BCUT2D eigenvalue weighted by atomic mass is 16.5. The quantitative estimate of drug-likeness (QED) is 0.266. The van der Waals surface area contributed by atoms with Crippen LogP contribution in [-0.2, 0) is 13.2 Å². The third kappa shape index (κ3) is 5.83. The lowest BCUT2D eigenvalue weighted by Crippen LogP contribution is -2.12. The molecular formula is C23H23N5O3. The fourth-order valence-electron chi connectivity index (χ4n) is 2.78. The van der Waals surface area contributed by atoms with E-state index < -0.39 is 5.91 Å². The Bertz CT molecular complexity index is 1030. The number of amides is 1. The van der Waals surface area contributed by atoms with E-state index in [9.17, 15) is 4.79 Å². The summed E-state index contributed by atoms with van der Waals surface area (Å²) in [5, 5.41) is 14.9. The number of ether oxygens (including phenoxy) is 2. The largest absolute Gasteiger partial charge is 0.489 e. The third-order valence-corrected chi connectivity index (χ3v) is 4.51. The van der Waals surface area contributed by atoms with Crippen LogP contribution in [0, 0.1) is 10.8 Å². The second kappa shape index (κ2) is 9.45. The third-order valence-electron chi connectivity index (χ3n) is 4.51. The predicted octanol–water partition coefficient (Wildman–Crippen LogP) is 2.51. The number of carbonyl (C=O) groups is 1. The smallest absolute Gasteiger partial charge is 0.248 e. The number of nitrogen functional groups attached to an aromatic ring is 2. The van der Waals surface area contributed by atoms with Gasteiger partial charge in [-0.05, 0) is 23.3 Å². The molecule has 31 heavy (non-hydrogen) atoms. The molecule has 0 radical (unpaired) electrons.